The molecule has 0 heterocycles. The lowest BCUT2D eigenvalue weighted by Crippen LogP contribution is -2.32. The summed E-state index contributed by atoms with van der Waals surface area (Å²) in [5.74, 6) is -0.985. The molecular formula is C16H16BrNO3. The van der Waals surface area contributed by atoms with Gasteiger partial charge in [-0.3, -0.25) is 4.79 Å². The van der Waals surface area contributed by atoms with Crippen LogP contribution in [-0.4, -0.2) is 32.9 Å². The average molecular weight is 350 g/mol. The summed E-state index contributed by atoms with van der Waals surface area (Å²) in [6.07, 6.45) is 0. The van der Waals surface area contributed by atoms with Gasteiger partial charge in [-0.1, -0.05) is 52.3 Å². The van der Waals surface area contributed by atoms with Crippen LogP contribution in [0.2, 0.25) is 0 Å². The van der Waals surface area contributed by atoms with Crippen molar-refractivity contribution in [1.29, 1.82) is 0 Å². The third kappa shape index (κ3) is 3.76. The van der Waals surface area contributed by atoms with E-state index in [2.05, 4.69) is 15.9 Å². The van der Waals surface area contributed by atoms with E-state index in [0.29, 0.717) is 18.4 Å². The van der Waals surface area contributed by atoms with E-state index >= 15 is 0 Å². The Morgan fingerprint density at radius 2 is 1.76 bits per heavy atom. The van der Waals surface area contributed by atoms with Crippen LogP contribution >= 0.6 is 15.9 Å². The number of carbonyl (C=O) groups is 1. The van der Waals surface area contributed by atoms with Crippen molar-refractivity contribution in [2.24, 2.45) is 0 Å². The molecule has 1 amide bonds. The number of hydrogen-bond donors (Lipinski definition) is 2. The summed E-state index contributed by atoms with van der Waals surface area (Å²) >= 11 is 3.33. The second-order valence-corrected chi connectivity index (χ2v) is 5.37. The van der Waals surface area contributed by atoms with Crippen molar-refractivity contribution >= 4 is 21.8 Å². The Bertz CT molecular complexity index is 616. The van der Waals surface area contributed by atoms with Crippen molar-refractivity contribution in [3.8, 4) is 11.5 Å². The molecule has 0 radical (unpaired) electrons. The van der Waals surface area contributed by atoms with E-state index < -0.39 is 0 Å². The van der Waals surface area contributed by atoms with Crippen LogP contribution in [0.25, 0.3) is 0 Å². The third-order valence-electron chi connectivity index (χ3n) is 3.10. The molecule has 2 N–H and O–H groups in total. The molecule has 21 heavy (non-hydrogen) atoms. The smallest absolute Gasteiger partial charge is 0.258 e. The number of hydrogen-bond acceptors (Lipinski definition) is 3. The summed E-state index contributed by atoms with van der Waals surface area (Å²) in [5, 5.41) is 20.0. The molecule has 5 heteroatoms. The first-order valence-electron chi connectivity index (χ1n) is 6.53. The molecule has 4 nitrogen and oxygen atoms in total. The second kappa shape index (κ2) is 7.13. The number of rotatable bonds is 5. The van der Waals surface area contributed by atoms with E-state index in [-0.39, 0.29) is 23.0 Å². The lowest BCUT2D eigenvalue weighted by atomic mass is 10.1. The Morgan fingerprint density at radius 1 is 1.05 bits per heavy atom. The summed E-state index contributed by atoms with van der Waals surface area (Å²) in [7, 11) is 0. The van der Waals surface area contributed by atoms with E-state index in [1.165, 1.54) is 18.2 Å². The van der Waals surface area contributed by atoms with Gasteiger partial charge in [0.1, 0.15) is 0 Å². The number of carbonyl (C=O) groups excluding carboxylic acids is 1. The number of benzene rings is 2. The van der Waals surface area contributed by atoms with Crippen LogP contribution in [-0.2, 0) is 6.54 Å². The van der Waals surface area contributed by atoms with E-state index in [4.69, 9.17) is 0 Å². The first-order valence-corrected chi connectivity index (χ1v) is 7.65. The highest BCUT2D eigenvalue weighted by Crippen LogP contribution is 2.29. The topological polar surface area (TPSA) is 60.8 Å². The van der Waals surface area contributed by atoms with Gasteiger partial charge in [0.15, 0.2) is 11.5 Å². The molecule has 0 bridgehead atoms. The Morgan fingerprint density at radius 3 is 2.43 bits per heavy atom. The maximum Gasteiger partial charge on any atom is 0.258 e. The monoisotopic (exact) mass is 349 g/mol. The minimum absolute atomic E-state index is 0.104. The number of phenolic OH excluding ortho intramolecular Hbond substituents is 2. The molecule has 0 unspecified atom stereocenters. The average Bonchev–Trinajstić information content (AvgIpc) is 2.50. The Labute approximate surface area is 131 Å². The third-order valence-corrected chi connectivity index (χ3v) is 3.46. The van der Waals surface area contributed by atoms with Crippen LogP contribution < -0.4 is 0 Å². The van der Waals surface area contributed by atoms with Crippen molar-refractivity contribution in [3.05, 3.63) is 59.7 Å². The Hall–Kier alpha value is -2.01. The van der Waals surface area contributed by atoms with Gasteiger partial charge < -0.3 is 15.1 Å². The number of para-hydroxylation sites is 1. The minimum Gasteiger partial charge on any atom is -0.504 e. The van der Waals surface area contributed by atoms with Crippen LogP contribution in [0.15, 0.2) is 48.5 Å². The second-order valence-electron chi connectivity index (χ2n) is 4.57. The molecule has 0 saturated heterocycles. The maximum absolute atomic E-state index is 12.5. The van der Waals surface area contributed by atoms with E-state index in [1.54, 1.807) is 4.90 Å². The number of aromatic hydroxyl groups is 2. The number of halogens is 1. The molecular weight excluding hydrogens is 334 g/mol. The van der Waals surface area contributed by atoms with Crippen LogP contribution in [0.1, 0.15) is 15.9 Å². The summed E-state index contributed by atoms with van der Waals surface area (Å²) < 4.78 is 0. The molecule has 110 valence electrons. The van der Waals surface area contributed by atoms with Gasteiger partial charge in [-0.2, -0.15) is 0 Å². The molecule has 2 rings (SSSR count). The molecule has 0 saturated carbocycles. The molecule has 0 spiro atoms. The van der Waals surface area contributed by atoms with Gasteiger partial charge in [0.05, 0.1) is 5.56 Å². The highest BCUT2D eigenvalue weighted by atomic mass is 79.9. The molecule has 0 aliphatic heterocycles. The highest BCUT2D eigenvalue weighted by Gasteiger charge is 2.20. The summed E-state index contributed by atoms with van der Waals surface area (Å²) in [6, 6.07) is 14.0. The van der Waals surface area contributed by atoms with Crippen LogP contribution in [0.4, 0.5) is 0 Å². The van der Waals surface area contributed by atoms with E-state index in [9.17, 15) is 15.0 Å². The highest BCUT2D eigenvalue weighted by molar-refractivity contribution is 9.09. The largest absolute Gasteiger partial charge is 0.504 e. The lowest BCUT2D eigenvalue weighted by Gasteiger charge is -2.22. The van der Waals surface area contributed by atoms with Gasteiger partial charge >= 0.3 is 0 Å². The van der Waals surface area contributed by atoms with Crippen LogP contribution in [0.5, 0.6) is 11.5 Å². The van der Waals surface area contributed by atoms with E-state index in [1.807, 2.05) is 30.3 Å². The fraction of sp³-hybridized carbons (Fsp3) is 0.188. The standard InChI is InChI=1S/C16H16BrNO3/c17-9-10-18(11-12-5-2-1-3-6-12)16(21)13-7-4-8-14(19)15(13)20/h1-8,19-20H,9-11H2. The van der Waals surface area contributed by atoms with Gasteiger partial charge in [-0.25, -0.2) is 0 Å². The van der Waals surface area contributed by atoms with Crippen LogP contribution in [0, 0.1) is 0 Å². The molecule has 0 aliphatic rings. The van der Waals surface area contributed by atoms with Gasteiger partial charge in [0, 0.05) is 18.4 Å². The number of phenols is 2. The zero-order valence-corrected chi connectivity index (χ0v) is 13.0. The zero-order valence-electron chi connectivity index (χ0n) is 11.4. The zero-order chi connectivity index (χ0) is 15.2. The first-order chi connectivity index (χ1) is 10.1. The first kappa shape index (κ1) is 15.4. The van der Waals surface area contributed by atoms with E-state index in [0.717, 1.165) is 5.56 Å². The predicted molar refractivity (Wildman–Crippen MR) is 84.7 cm³/mol. The lowest BCUT2D eigenvalue weighted by molar-refractivity contribution is 0.0751. The van der Waals surface area contributed by atoms with Gasteiger partial charge in [0.2, 0.25) is 0 Å². The number of amides is 1. The SMILES string of the molecule is O=C(c1cccc(O)c1O)N(CCBr)Cc1ccccc1. The van der Waals surface area contributed by atoms with Gasteiger partial charge in [-0.05, 0) is 17.7 Å². The van der Waals surface area contributed by atoms with Crippen molar-refractivity contribution in [2.45, 2.75) is 6.54 Å². The summed E-state index contributed by atoms with van der Waals surface area (Å²) in [4.78, 5) is 14.2. The molecule has 2 aromatic carbocycles. The van der Waals surface area contributed by atoms with Crippen molar-refractivity contribution in [2.75, 3.05) is 11.9 Å². The fourth-order valence-electron chi connectivity index (χ4n) is 2.03. The number of nitrogens with zero attached hydrogens (tertiary/aromatic N) is 1. The maximum atomic E-state index is 12.5. The van der Waals surface area contributed by atoms with Crippen molar-refractivity contribution in [1.82, 2.24) is 4.90 Å². The molecule has 0 aromatic heterocycles. The Kier molecular flexibility index (Phi) is 5.22. The fourth-order valence-corrected chi connectivity index (χ4v) is 2.46. The van der Waals surface area contributed by atoms with Crippen LogP contribution in [0.3, 0.4) is 0 Å². The summed E-state index contributed by atoms with van der Waals surface area (Å²) in [6.45, 7) is 0.948. The quantitative estimate of drug-likeness (QED) is 0.643. The molecule has 0 aliphatic carbocycles. The summed E-state index contributed by atoms with van der Waals surface area (Å²) in [5.41, 5.74) is 1.11. The van der Waals surface area contributed by atoms with Crippen molar-refractivity contribution < 1.29 is 15.0 Å². The number of alkyl halides is 1. The van der Waals surface area contributed by atoms with Gasteiger partial charge in [0.25, 0.3) is 5.91 Å². The molecule has 0 fully saturated rings. The van der Waals surface area contributed by atoms with Crippen molar-refractivity contribution in [3.63, 3.8) is 0 Å². The normalized spacial score (nSPS) is 10.3. The Balaban J connectivity index is 2.25. The minimum atomic E-state index is -0.380. The van der Waals surface area contributed by atoms with Gasteiger partial charge in [-0.15, -0.1) is 0 Å². The molecule has 2 aromatic rings. The predicted octanol–water partition coefficient (Wildman–Crippen LogP) is 3.14. The molecule has 0 atom stereocenters.